The van der Waals surface area contributed by atoms with Crippen LogP contribution in [0.25, 0.3) is 0 Å². The van der Waals surface area contributed by atoms with Gasteiger partial charge in [-0.15, -0.1) is 0 Å². The van der Waals surface area contributed by atoms with Gasteiger partial charge in [0.2, 0.25) is 5.91 Å². The van der Waals surface area contributed by atoms with E-state index in [1.807, 2.05) is 61.5 Å². The van der Waals surface area contributed by atoms with Crippen molar-refractivity contribution < 1.29 is 22.7 Å². The second-order valence-corrected chi connectivity index (χ2v) is 9.62. The molecule has 6 nitrogen and oxygen atoms in total. The Morgan fingerprint density at radius 3 is 2.03 bits per heavy atom. The van der Waals surface area contributed by atoms with E-state index < -0.39 is 9.84 Å². The lowest BCUT2D eigenvalue weighted by Crippen LogP contribution is -2.29. The third kappa shape index (κ3) is 7.36. The topological polar surface area (TPSA) is 81.7 Å². The fourth-order valence-corrected chi connectivity index (χ4v) is 4.00. The van der Waals surface area contributed by atoms with Gasteiger partial charge in [-0.2, -0.15) is 0 Å². The summed E-state index contributed by atoms with van der Waals surface area (Å²) < 4.78 is 34.2. The van der Waals surface area contributed by atoms with Gasteiger partial charge >= 0.3 is 0 Å². The van der Waals surface area contributed by atoms with Crippen molar-refractivity contribution in [2.24, 2.45) is 0 Å². The number of ether oxygens (including phenoxy) is 2. The zero-order chi connectivity index (χ0) is 23.7. The number of carbonyl (C=O) groups excluding carboxylic acids is 1. The van der Waals surface area contributed by atoms with Gasteiger partial charge in [0.15, 0.2) is 9.84 Å². The van der Waals surface area contributed by atoms with E-state index in [0.29, 0.717) is 31.8 Å². The number of amides is 1. The standard InChI is InChI=1S/C26H29NO5S/c1-3-31-22-13-11-21(12-14-22)26(20-8-5-4-6-9-20)27-25(28)10-7-19-32-23-15-17-24(18-16-23)33(2,29)30/h4-6,8-9,11-18,26H,3,7,10,19H2,1-2H3,(H,27,28). The molecule has 0 saturated carbocycles. The van der Waals surface area contributed by atoms with Crippen LogP contribution in [0.15, 0.2) is 83.8 Å². The van der Waals surface area contributed by atoms with Crippen LogP contribution in [0.5, 0.6) is 11.5 Å². The molecule has 0 fully saturated rings. The van der Waals surface area contributed by atoms with Crippen LogP contribution in [0.2, 0.25) is 0 Å². The van der Waals surface area contributed by atoms with E-state index in [2.05, 4.69) is 5.32 Å². The monoisotopic (exact) mass is 467 g/mol. The maximum Gasteiger partial charge on any atom is 0.220 e. The van der Waals surface area contributed by atoms with E-state index in [9.17, 15) is 13.2 Å². The number of benzene rings is 3. The summed E-state index contributed by atoms with van der Waals surface area (Å²) in [6, 6.07) is 23.6. The minimum atomic E-state index is -3.23. The maximum absolute atomic E-state index is 12.7. The molecule has 0 bridgehead atoms. The lowest BCUT2D eigenvalue weighted by molar-refractivity contribution is -0.121. The highest BCUT2D eigenvalue weighted by Crippen LogP contribution is 2.24. The smallest absolute Gasteiger partial charge is 0.220 e. The van der Waals surface area contributed by atoms with E-state index >= 15 is 0 Å². The summed E-state index contributed by atoms with van der Waals surface area (Å²) in [5.74, 6) is 1.29. The predicted molar refractivity (Wildman–Crippen MR) is 128 cm³/mol. The van der Waals surface area contributed by atoms with Crippen LogP contribution in [0, 0.1) is 0 Å². The average molecular weight is 468 g/mol. The Labute approximate surface area is 195 Å². The van der Waals surface area contributed by atoms with Crippen LogP contribution in [-0.4, -0.2) is 33.8 Å². The molecule has 0 aromatic heterocycles. The van der Waals surface area contributed by atoms with E-state index in [1.165, 1.54) is 12.1 Å². The Balaban J connectivity index is 1.56. The third-order valence-electron chi connectivity index (χ3n) is 5.03. The summed E-state index contributed by atoms with van der Waals surface area (Å²) in [5.41, 5.74) is 1.97. The molecule has 174 valence electrons. The molecule has 7 heteroatoms. The zero-order valence-electron chi connectivity index (χ0n) is 18.9. The van der Waals surface area contributed by atoms with Crippen LogP contribution >= 0.6 is 0 Å². The van der Waals surface area contributed by atoms with Gasteiger partial charge in [-0.1, -0.05) is 42.5 Å². The molecular formula is C26H29NO5S. The number of carbonyl (C=O) groups is 1. The number of sulfone groups is 1. The van der Waals surface area contributed by atoms with Gasteiger partial charge in [-0.25, -0.2) is 8.42 Å². The van der Waals surface area contributed by atoms with Gasteiger partial charge in [-0.05, 0) is 60.9 Å². The first-order chi connectivity index (χ1) is 15.9. The maximum atomic E-state index is 12.7. The van der Waals surface area contributed by atoms with Crippen LogP contribution < -0.4 is 14.8 Å². The molecule has 3 aromatic carbocycles. The summed E-state index contributed by atoms with van der Waals surface area (Å²) in [6.07, 6.45) is 2.00. The highest BCUT2D eigenvalue weighted by molar-refractivity contribution is 7.90. The zero-order valence-corrected chi connectivity index (χ0v) is 19.7. The Kier molecular flexibility index (Phi) is 8.49. The number of hydrogen-bond acceptors (Lipinski definition) is 5. The lowest BCUT2D eigenvalue weighted by atomic mass is 9.98. The number of nitrogens with one attached hydrogen (secondary N) is 1. The molecule has 1 unspecified atom stereocenters. The summed E-state index contributed by atoms with van der Waals surface area (Å²) in [5, 5.41) is 3.12. The predicted octanol–water partition coefficient (Wildman–Crippen LogP) is 4.55. The average Bonchev–Trinajstić information content (AvgIpc) is 2.81. The molecule has 0 aliphatic heterocycles. The molecule has 0 heterocycles. The highest BCUT2D eigenvalue weighted by Gasteiger charge is 2.17. The lowest BCUT2D eigenvalue weighted by Gasteiger charge is -2.20. The molecule has 0 spiro atoms. The fraction of sp³-hybridized carbons (Fsp3) is 0.269. The largest absolute Gasteiger partial charge is 0.494 e. The second kappa shape index (κ2) is 11.5. The van der Waals surface area contributed by atoms with Gasteiger partial charge in [0, 0.05) is 12.7 Å². The quantitative estimate of drug-likeness (QED) is 0.418. The molecule has 1 N–H and O–H groups in total. The first-order valence-corrected chi connectivity index (χ1v) is 12.8. The van der Waals surface area contributed by atoms with E-state index in [4.69, 9.17) is 9.47 Å². The summed E-state index contributed by atoms with van der Waals surface area (Å²) in [4.78, 5) is 12.9. The molecule has 3 rings (SSSR count). The molecule has 1 amide bonds. The minimum absolute atomic E-state index is 0.0752. The van der Waals surface area contributed by atoms with Crippen molar-refractivity contribution in [1.82, 2.24) is 5.32 Å². The van der Waals surface area contributed by atoms with Crippen molar-refractivity contribution in [3.63, 3.8) is 0 Å². The van der Waals surface area contributed by atoms with Crippen LogP contribution in [-0.2, 0) is 14.6 Å². The number of hydrogen-bond donors (Lipinski definition) is 1. The van der Waals surface area contributed by atoms with Gasteiger partial charge in [-0.3, -0.25) is 4.79 Å². The Morgan fingerprint density at radius 1 is 0.848 bits per heavy atom. The van der Waals surface area contributed by atoms with E-state index in [-0.39, 0.29) is 16.8 Å². The highest BCUT2D eigenvalue weighted by atomic mass is 32.2. The summed E-state index contributed by atoms with van der Waals surface area (Å²) in [6.45, 7) is 2.89. The van der Waals surface area contributed by atoms with Crippen LogP contribution in [0.3, 0.4) is 0 Å². The Hall–Kier alpha value is -3.32. The first kappa shape index (κ1) is 24.3. The van der Waals surface area contributed by atoms with Crippen molar-refractivity contribution in [1.29, 1.82) is 0 Å². The molecule has 0 aliphatic carbocycles. The Morgan fingerprint density at radius 2 is 1.42 bits per heavy atom. The van der Waals surface area contributed by atoms with Gasteiger partial charge in [0.25, 0.3) is 0 Å². The second-order valence-electron chi connectivity index (χ2n) is 7.61. The molecule has 3 aromatic rings. The summed E-state index contributed by atoms with van der Waals surface area (Å²) in [7, 11) is -3.23. The molecule has 1 atom stereocenters. The third-order valence-corrected chi connectivity index (χ3v) is 6.16. The molecule has 0 radical (unpaired) electrons. The Bertz CT molecular complexity index is 1130. The normalized spacial score (nSPS) is 12.1. The SMILES string of the molecule is CCOc1ccc(C(NC(=O)CCCOc2ccc(S(C)(=O)=O)cc2)c2ccccc2)cc1. The van der Waals surface area contributed by atoms with Crippen molar-refractivity contribution in [2.75, 3.05) is 19.5 Å². The number of rotatable bonds is 11. The molecule has 0 aliphatic rings. The van der Waals surface area contributed by atoms with Gasteiger partial charge < -0.3 is 14.8 Å². The van der Waals surface area contributed by atoms with E-state index in [0.717, 1.165) is 23.1 Å². The van der Waals surface area contributed by atoms with Crippen LogP contribution in [0.1, 0.15) is 36.9 Å². The molecule has 33 heavy (non-hydrogen) atoms. The molecular weight excluding hydrogens is 438 g/mol. The van der Waals surface area contributed by atoms with E-state index in [1.54, 1.807) is 12.1 Å². The van der Waals surface area contributed by atoms with Crippen molar-refractivity contribution >= 4 is 15.7 Å². The van der Waals surface area contributed by atoms with Crippen molar-refractivity contribution in [3.8, 4) is 11.5 Å². The summed E-state index contributed by atoms with van der Waals surface area (Å²) >= 11 is 0. The molecule has 0 saturated heterocycles. The van der Waals surface area contributed by atoms with Gasteiger partial charge in [0.05, 0.1) is 24.2 Å². The van der Waals surface area contributed by atoms with Crippen LogP contribution in [0.4, 0.5) is 0 Å². The first-order valence-electron chi connectivity index (χ1n) is 10.9. The fourth-order valence-electron chi connectivity index (χ4n) is 3.37. The van der Waals surface area contributed by atoms with Crippen molar-refractivity contribution in [3.05, 3.63) is 90.0 Å². The minimum Gasteiger partial charge on any atom is -0.494 e. The van der Waals surface area contributed by atoms with Crippen molar-refractivity contribution in [2.45, 2.75) is 30.7 Å². The van der Waals surface area contributed by atoms with Gasteiger partial charge in [0.1, 0.15) is 11.5 Å².